The number of thiocarbonyl (C=S) groups is 1. The summed E-state index contributed by atoms with van der Waals surface area (Å²) in [6, 6.07) is 9.02. The van der Waals surface area contributed by atoms with E-state index in [0.29, 0.717) is 4.99 Å². The van der Waals surface area contributed by atoms with Gasteiger partial charge in [0.2, 0.25) is 10.0 Å². The first-order chi connectivity index (χ1) is 8.23. The Morgan fingerprint density at radius 1 is 1.33 bits per heavy atom. The Morgan fingerprint density at radius 2 is 1.89 bits per heavy atom. The highest BCUT2D eigenvalue weighted by atomic mass is 32.2. The molecular weight excluding hydrogens is 268 g/mol. The van der Waals surface area contributed by atoms with Gasteiger partial charge in [-0.2, -0.15) is 0 Å². The fourth-order valence-electron chi connectivity index (χ4n) is 1.22. The predicted molar refractivity (Wildman–Crippen MR) is 77.6 cm³/mol. The number of hydrogen-bond donors (Lipinski definition) is 2. The van der Waals surface area contributed by atoms with E-state index < -0.39 is 15.4 Å². The minimum absolute atomic E-state index is 0.0404. The molecule has 1 aromatic carbocycles. The van der Waals surface area contributed by atoms with E-state index in [-0.39, 0.29) is 12.3 Å². The number of hydrogen-bond acceptors (Lipinski definition) is 3. The van der Waals surface area contributed by atoms with Gasteiger partial charge in [0.15, 0.2) is 0 Å². The lowest BCUT2D eigenvalue weighted by atomic mass is 9.94. The monoisotopic (exact) mass is 286 g/mol. The van der Waals surface area contributed by atoms with Gasteiger partial charge in [-0.25, -0.2) is 13.1 Å². The summed E-state index contributed by atoms with van der Waals surface area (Å²) in [6.45, 7) is 3.82. The lowest BCUT2D eigenvalue weighted by Crippen LogP contribution is -2.41. The van der Waals surface area contributed by atoms with Crippen molar-refractivity contribution in [2.45, 2.75) is 19.6 Å². The standard InChI is InChI=1S/C12H18N2O2S2/c1-12(2,11(13)17)9-14-18(15,16)8-10-6-4-3-5-7-10/h3-7,14H,8-9H2,1-2H3,(H2,13,17). The van der Waals surface area contributed by atoms with Crippen LogP contribution in [-0.4, -0.2) is 20.0 Å². The van der Waals surface area contributed by atoms with Crippen LogP contribution in [0.5, 0.6) is 0 Å². The highest BCUT2D eigenvalue weighted by Gasteiger charge is 2.24. The topological polar surface area (TPSA) is 72.2 Å². The van der Waals surface area contributed by atoms with Crippen molar-refractivity contribution in [3.8, 4) is 0 Å². The maximum absolute atomic E-state index is 11.9. The molecule has 0 atom stereocenters. The molecule has 0 bridgehead atoms. The summed E-state index contributed by atoms with van der Waals surface area (Å²) in [5, 5.41) is 0. The van der Waals surface area contributed by atoms with Gasteiger partial charge in [-0.05, 0) is 5.56 Å². The Morgan fingerprint density at radius 3 is 2.39 bits per heavy atom. The maximum atomic E-state index is 11.9. The van der Waals surface area contributed by atoms with Gasteiger partial charge in [0.05, 0.1) is 10.7 Å². The highest BCUT2D eigenvalue weighted by Crippen LogP contribution is 2.14. The molecule has 4 nitrogen and oxygen atoms in total. The maximum Gasteiger partial charge on any atom is 0.215 e. The Kier molecular flexibility index (Phi) is 4.84. The molecule has 0 aliphatic rings. The van der Waals surface area contributed by atoms with Gasteiger partial charge in [-0.3, -0.25) is 0 Å². The SMILES string of the molecule is CC(C)(CNS(=O)(=O)Cc1ccccc1)C(N)=S. The molecule has 0 heterocycles. The van der Waals surface area contributed by atoms with Crippen molar-refractivity contribution in [1.82, 2.24) is 4.72 Å². The van der Waals surface area contributed by atoms with E-state index in [0.717, 1.165) is 5.56 Å². The van der Waals surface area contributed by atoms with Crippen molar-refractivity contribution in [2.75, 3.05) is 6.54 Å². The van der Waals surface area contributed by atoms with E-state index in [9.17, 15) is 8.42 Å². The van der Waals surface area contributed by atoms with Crippen LogP contribution in [-0.2, 0) is 15.8 Å². The van der Waals surface area contributed by atoms with Gasteiger partial charge in [-0.1, -0.05) is 56.4 Å². The molecule has 6 heteroatoms. The fraction of sp³-hybridized carbons (Fsp3) is 0.417. The number of rotatable bonds is 6. The highest BCUT2D eigenvalue weighted by molar-refractivity contribution is 7.88. The van der Waals surface area contributed by atoms with Crippen molar-refractivity contribution in [2.24, 2.45) is 11.1 Å². The zero-order valence-corrected chi connectivity index (χ0v) is 12.1. The summed E-state index contributed by atoms with van der Waals surface area (Å²) in [7, 11) is -3.37. The largest absolute Gasteiger partial charge is 0.393 e. The van der Waals surface area contributed by atoms with E-state index in [1.165, 1.54) is 0 Å². The molecule has 0 aliphatic heterocycles. The van der Waals surface area contributed by atoms with Crippen LogP contribution in [0.15, 0.2) is 30.3 Å². The molecule has 3 N–H and O–H groups in total. The summed E-state index contributed by atoms with van der Waals surface area (Å²) in [5.41, 5.74) is 5.77. The molecule has 0 unspecified atom stereocenters. The molecule has 1 rings (SSSR count). The van der Waals surface area contributed by atoms with Crippen molar-refractivity contribution in [3.63, 3.8) is 0 Å². The van der Waals surface area contributed by atoms with Crippen LogP contribution in [0.3, 0.4) is 0 Å². The van der Waals surface area contributed by atoms with Crippen LogP contribution < -0.4 is 10.5 Å². The molecule has 0 aromatic heterocycles. The summed E-state index contributed by atoms with van der Waals surface area (Å²) >= 11 is 4.89. The second-order valence-corrected chi connectivity index (χ2v) is 7.06. The van der Waals surface area contributed by atoms with Crippen LogP contribution >= 0.6 is 12.2 Å². The molecule has 18 heavy (non-hydrogen) atoms. The predicted octanol–water partition coefficient (Wildman–Crippen LogP) is 1.42. The van der Waals surface area contributed by atoms with Crippen LogP contribution in [0.2, 0.25) is 0 Å². The van der Waals surface area contributed by atoms with E-state index >= 15 is 0 Å². The molecule has 0 radical (unpaired) electrons. The van der Waals surface area contributed by atoms with Gasteiger partial charge in [0, 0.05) is 12.0 Å². The van der Waals surface area contributed by atoms with Crippen molar-refractivity contribution < 1.29 is 8.42 Å². The van der Waals surface area contributed by atoms with Gasteiger partial charge < -0.3 is 5.73 Å². The molecule has 0 fully saturated rings. The molecule has 100 valence electrons. The Labute approximate surface area is 114 Å². The van der Waals surface area contributed by atoms with Crippen molar-refractivity contribution in [3.05, 3.63) is 35.9 Å². The first kappa shape index (κ1) is 15.1. The fourth-order valence-corrected chi connectivity index (χ4v) is 2.61. The van der Waals surface area contributed by atoms with Crippen LogP contribution in [0.1, 0.15) is 19.4 Å². The number of sulfonamides is 1. The number of benzene rings is 1. The minimum Gasteiger partial charge on any atom is -0.393 e. The quantitative estimate of drug-likeness (QED) is 0.776. The molecule has 1 aromatic rings. The summed E-state index contributed by atoms with van der Waals surface area (Å²) < 4.78 is 26.3. The summed E-state index contributed by atoms with van der Waals surface area (Å²) in [4.78, 5) is 0.296. The first-order valence-corrected chi connectivity index (χ1v) is 7.60. The smallest absolute Gasteiger partial charge is 0.215 e. The van der Waals surface area contributed by atoms with E-state index in [4.69, 9.17) is 18.0 Å². The first-order valence-electron chi connectivity index (χ1n) is 5.54. The second-order valence-electron chi connectivity index (χ2n) is 4.81. The third-order valence-corrected chi connectivity index (χ3v) is 4.45. The molecule has 0 saturated heterocycles. The lowest BCUT2D eigenvalue weighted by Gasteiger charge is -2.23. The van der Waals surface area contributed by atoms with E-state index in [1.54, 1.807) is 26.0 Å². The van der Waals surface area contributed by atoms with Gasteiger partial charge in [-0.15, -0.1) is 0 Å². The zero-order valence-electron chi connectivity index (χ0n) is 10.5. The average molecular weight is 286 g/mol. The number of nitrogens with one attached hydrogen (secondary N) is 1. The summed E-state index contributed by atoms with van der Waals surface area (Å²) in [6.07, 6.45) is 0. The van der Waals surface area contributed by atoms with E-state index in [1.807, 2.05) is 18.2 Å². The third-order valence-electron chi connectivity index (χ3n) is 2.60. The second kappa shape index (κ2) is 5.77. The molecular formula is C12H18N2O2S2. The summed E-state index contributed by atoms with van der Waals surface area (Å²) in [5.74, 6) is -0.0404. The van der Waals surface area contributed by atoms with Crippen molar-refractivity contribution >= 4 is 27.2 Å². The van der Waals surface area contributed by atoms with Gasteiger partial charge >= 0.3 is 0 Å². The van der Waals surface area contributed by atoms with Crippen molar-refractivity contribution in [1.29, 1.82) is 0 Å². The molecule has 0 saturated carbocycles. The van der Waals surface area contributed by atoms with Crippen LogP contribution in [0.25, 0.3) is 0 Å². The lowest BCUT2D eigenvalue weighted by molar-refractivity contribution is 0.501. The van der Waals surface area contributed by atoms with Gasteiger partial charge in [0.25, 0.3) is 0 Å². The number of nitrogens with two attached hydrogens (primary N) is 1. The van der Waals surface area contributed by atoms with Crippen LogP contribution in [0.4, 0.5) is 0 Å². The third kappa shape index (κ3) is 4.72. The normalized spacial score (nSPS) is 12.3. The average Bonchev–Trinajstić information content (AvgIpc) is 2.27. The molecule has 0 amide bonds. The van der Waals surface area contributed by atoms with E-state index in [2.05, 4.69) is 4.72 Å². The Hall–Kier alpha value is -0.980. The Bertz CT molecular complexity index is 510. The Balaban J connectivity index is 2.64. The van der Waals surface area contributed by atoms with Crippen LogP contribution in [0, 0.1) is 5.41 Å². The molecule has 0 spiro atoms. The minimum atomic E-state index is -3.37. The van der Waals surface area contributed by atoms with Gasteiger partial charge in [0.1, 0.15) is 0 Å². The molecule has 0 aliphatic carbocycles. The zero-order chi connectivity index (χ0) is 13.8.